The average Bonchev–Trinajstić information content (AvgIpc) is 3.40. The highest BCUT2D eigenvalue weighted by Crippen LogP contribution is 2.40. The second-order valence-corrected chi connectivity index (χ2v) is 9.34. The molecule has 0 amide bonds. The molecule has 0 saturated carbocycles. The summed E-state index contributed by atoms with van der Waals surface area (Å²) in [7, 11) is 1.48. The van der Waals surface area contributed by atoms with Crippen LogP contribution in [0, 0.1) is 5.82 Å². The number of aromatic nitrogens is 3. The van der Waals surface area contributed by atoms with E-state index in [9.17, 15) is 22.4 Å². The number of ketones is 1. The molecule has 0 unspecified atom stereocenters. The number of hydrogen-bond acceptors (Lipinski definition) is 8. The van der Waals surface area contributed by atoms with Crippen LogP contribution < -0.4 is 9.47 Å². The van der Waals surface area contributed by atoms with Crippen LogP contribution in [0.15, 0.2) is 53.2 Å². The summed E-state index contributed by atoms with van der Waals surface area (Å²) in [6.07, 6.45) is -1.03. The van der Waals surface area contributed by atoms with Gasteiger partial charge in [-0.05, 0) is 37.6 Å². The number of hydrogen-bond donors (Lipinski definition) is 1. The average molecular weight is 560 g/mol. The van der Waals surface area contributed by atoms with Crippen molar-refractivity contribution in [3.05, 3.63) is 71.5 Å². The summed E-state index contributed by atoms with van der Waals surface area (Å²) in [5, 5.41) is 12.6. The fourth-order valence-corrected chi connectivity index (χ4v) is 3.66. The predicted octanol–water partition coefficient (Wildman–Crippen LogP) is 5.47. The molecule has 0 aliphatic rings. The van der Waals surface area contributed by atoms with Crippen molar-refractivity contribution in [1.29, 1.82) is 0 Å². The summed E-state index contributed by atoms with van der Waals surface area (Å²) in [6, 6.07) is 8.64. The Morgan fingerprint density at radius 1 is 1.10 bits per heavy atom. The predicted molar refractivity (Wildman–Crippen MR) is 137 cm³/mol. The van der Waals surface area contributed by atoms with Crippen molar-refractivity contribution in [2.24, 2.45) is 0 Å². The number of methoxy groups -OCH3 is 1. The van der Waals surface area contributed by atoms with Crippen molar-refractivity contribution >= 4 is 22.9 Å². The Kier molecular flexibility index (Phi) is 8.19. The minimum Gasteiger partial charge on any atom is -0.493 e. The summed E-state index contributed by atoms with van der Waals surface area (Å²) >= 11 is 0. The first-order valence-corrected chi connectivity index (χ1v) is 12.0. The molecular weight excluding hydrogens is 534 g/mol. The molecule has 8 nitrogen and oxygen atoms in total. The second-order valence-electron chi connectivity index (χ2n) is 9.34. The van der Waals surface area contributed by atoms with E-state index in [0.29, 0.717) is 33.8 Å². The zero-order valence-corrected chi connectivity index (χ0v) is 21.8. The largest absolute Gasteiger partial charge is 0.493 e. The summed E-state index contributed by atoms with van der Waals surface area (Å²) in [6.45, 7) is 1.80. The fraction of sp³-hybridized carbons (Fsp3) is 0.286. The normalized spacial score (nSPS) is 12.3. The first-order chi connectivity index (χ1) is 18.9. The van der Waals surface area contributed by atoms with Gasteiger partial charge in [0.1, 0.15) is 23.5 Å². The van der Waals surface area contributed by atoms with Crippen LogP contribution in [0.2, 0.25) is 0 Å². The SMILES string of the molecule is COc1cc2ncc(-c3ccc(CC(=O)/C=C/c4cc(C(C)(C)C(F)(F)F)on4)c(F)c3)nc2cc1OCCO. The number of carbonyl (C=O) groups is 1. The van der Waals surface area contributed by atoms with E-state index in [1.165, 1.54) is 31.5 Å². The van der Waals surface area contributed by atoms with Crippen molar-refractivity contribution in [2.45, 2.75) is 31.9 Å². The van der Waals surface area contributed by atoms with Crippen LogP contribution in [-0.2, 0) is 16.6 Å². The first-order valence-electron chi connectivity index (χ1n) is 12.0. The molecule has 2 heterocycles. The molecule has 4 aromatic rings. The summed E-state index contributed by atoms with van der Waals surface area (Å²) < 4.78 is 70.1. The number of benzene rings is 2. The Balaban J connectivity index is 1.49. The zero-order valence-electron chi connectivity index (χ0n) is 21.8. The van der Waals surface area contributed by atoms with Gasteiger partial charge in [0, 0.05) is 30.2 Å². The molecule has 4 rings (SSSR count). The van der Waals surface area contributed by atoms with Gasteiger partial charge in [0.25, 0.3) is 0 Å². The Hall–Kier alpha value is -4.32. The van der Waals surface area contributed by atoms with Gasteiger partial charge >= 0.3 is 6.18 Å². The van der Waals surface area contributed by atoms with E-state index in [1.807, 2.05) is 0 Å². The second kappa shape index (κ2) is 11.4. The third-order valence-electron chi connectivity index (χ3n) is 6.18. The van der Waals surface area contributed by atoms with Crippen LogP contribution in [0.3, 0.4) is 0 Å². The van der Waals surface area contributed by atoms with Gasteiger partial charge in [-0.15, -0.1) is 0 Å². The van der Waals surface area contributed by atoms with E-state index < -0.39 is 29.0 Å². The van der Waals surface area contributed by atoms with E-state index in [-0.39, 0.29) is 30.9 Å². The number of ether oxygens (including phenoxy) is 2. The molecule has 0 saturated heterocycles. The fourth-order valence-electron chi connectivity index (χ4n) is 3.66. The standard InChI is InChI=1S/C28H25F4N3O5/c1-27(2,28(30,31)32)26-12-18(35-40-26)6-7-19(37)10-16-4-5-17(11-20(16)29)23-15-33-21-13-24(38-3)25(39-9-8-36)14-22(21)34-23/h4-7,11-15,36H,8-10H2,1-3H3/b7-6+. The Morgan fingerprint density at radius 3 is 2.52 bits per heavy atom. The zero-order chi connectivity index (χ0) is 29.1. The van der Waals surface area contributed by atoms with Crippen molar-refractivity contribution in [3.63, 3.8) is 0 Å². The van der Waals surface area contributed by atoms with Gasteiger partial charge in [-0.25, -0.2) is 9.37 Å². The van der Waals surface area contributed by atoms with Crippen LogP contribution in [0.1, 0.15) is 30.9 Å². The summed E-state index contributed by atoms with van der Waals surface area (Å²) in [4.78, 5) is 21.3. The van der Waals surface area contributed by atoms with Crippen molar-refractivity contribution in [2.75, 3.05) is 20.3 Å². The van der Waals surface area contributed by atoms with E-state index in [1.54, 1.807) is 18.2 Å². The minimum atomic E-state index is -4.54. The number of allylic oxidation sites excluding steroid dienone is 1. The van der Waals surface area contributed by atoms with Crippen LogP contribution >= 0.6 is 0 Å². The lowest BCUT2D eigenvalue weighted by molar-refractivity contribution is -0.185. The molecule has 0 fully saturated rings. The van der Waals surface area contributed by atoms with Gasteiger partial charge in [-0.2, -0.15) is 13.2 Å². The number of carbonyl (C=O) groups excluding carboxylic acids is 1. The molecule has 210 valence electrons. The van der Waals surface area contributed by atoms with Gasteiger partial charge in [0.2, 0.25) is 0 Å². The molecule has 40 heavy (non-hydrogen) atoms. The Labute approximate surface area is 226 Å². The molecular formula is C28H25F4N3O5. The molecule has 0 spiro atoms. The molecule has 1 N–H and O–H groups in total. The van der Waals surface area contributed by atoms with E-state index in [0.717, 1.165) is 26.0 Å². The summed E-state index contributed by atoms with van der Waals surface area (Å²) in [5.41, 5.74) is -0.303. The maximum atomic E-state index is 14.9. The van der Waals surface area contributed by atoms with Crippen LogP contribution in [0.25, 0.3) is 28.4 Å². The van der Waals surface area contributed by atoms with Crippen LogP contribution in [0.5, 0.6) is 11.5 Å². The number of alkyl halides is 3. The lowest BCUT2D eigenvalue weighted by Crippen LogP contribution is -2.35. The molecule has 12 heteroatoms. The highest BCUT2D eigenvalue weighted by molar-refractivity contribution is 5.95. The molecule has 0 aliphatic carbocycles. The maximum absolute atomic E-state index is 14.9. The van der Waals surface area contributed by atoms with Gasteiger partial charge in [-0.1, -0.05) is 17.3 Å². The van der Waals surface area contributed by atoms with E-state index in [2.05, 4.69) is 15.1 Å². The van der Waals surface area contributed by atoms with Crippen molar-refractivity contribution in [3.8, 4) is 22.8 Å². The third kappa shape index (κ3) is 6.12. The van der Waals surface area contributed by atoms with Crippen molar-refractivity contribution in [1.82, 2.24) is 15.1 Å². The number of aliphatic hydroxyl groups excluding tert-OH is 1. The number of halogens is 4. The molecule has 2 aromatic carbocycles. The monoisotopic (exact) mass is 559 g/mol. The summed E-state index contributed by atoms with van der Waals surface area (Å²) in [5.74, 6) is -0.723. The van der Waals surface area contributed by atoms with Crippen molar-refractivity contribution < 1.29 is 41.5 Å². The van der Waals surface area contributed by atoms with Gasteiger partial charge < -0.3 is 19.1 Å². The van der Waals surface area contributed by atoms with Gasteiger partial charge in [0.15, 0.2) is 23.0 Å². The number of aliphatic hydroxyl groups is 1. The van der Waals surface area contributed by atoms with Gasteiger partial charge in [-0.3, -0.25) is 9.78 Å². The number of fused-ring (bicyclic) bond motifs is 1. The van der Waals surface area contributed by atoms with Crippen LogP contribution in [0.4, 0.5) is 17.6 Å². The molecule has 0 bridgehead atoms. The topological polar surface area (TPSA) is 108 Å². The van der Waals surface area contributed by atoms with E-state index in [4.69, 9.17) is 19.1 Å². The highest BCUT2D eigenvalue weighted by Gasteiger charge is 2.51. The van der Waals surface area contributed by atoms with E-state index >= 15 is 0 Å². The molecule has 2 aromatic heterocycles. The number of rotatable bonds is 10. The lowest BCUT2D eigenvalue weighted by atomic mass is 9.89. The quantitative estimate of drug-likeness (QED) is 0.201. The number of nitrogens with zero attached hydrogens (tertiary/aromatic N) is 3. The molecule has 0 atom stereocenters. The Morgan fingerprint density at radius 2 is 1.85 bits per heavy atom. The molecule has 0 aliphatic heterocycles. The molecule has 0 radical (unpaired) electrons. The Bertz CT molecular complexity index is 1560. The third-order valence-corrected chi connectivity index (χ3v) is 6.18. The minimum absolute atomic E-state index is 0.0360. The smallest absolute Gasteiger partial charge is 0.401 e. The maximum Gasteiger partial charge on any atom is 0.401 e. The lowest BCUT2D eigenvalue weighted by Gasteiger charge is -2.24. The van der Waals surface area contributed by atoms with Crippen LogP contribution in [-0.4, -0.2) is 52.5 Å². The van der Waals surface area contributed by atoms with Gasteiger partial charge in [0.05, 0.1) is 36.6 Å². The first kappa shape index (κ1) is 28.7. The highest BCUT2D eigenvalue weighted by atomic mass is 19.4.